The Balaban J connectivity index is 1.88. The fraction of sp³-hybridized carbons (Fsp3) is 0.200. The largest absolute Gasteiger partial charge is 0.497 e. The molecular formula is C20H19ClFN3O2. The maximum absolute atomic E-state index is 14.2. The summed E-state index contributed by atoms with van der Waals surface area (Å²) >= 11 is 6.36. The molecule has 1 N–H and O–H groups in total. The van der Waals surface area contributed by atoms with Gasteiger partial charge in [-0.25, -0.2) is 4.39 Å². The summed E-state index contributed by atoms with van der Waals surface area (Å²) < 4.78 is 20.9. The summed E-state index contributed by atoms with van der Waals surface area (Å²) in [7, 11) is 1.44. The van der Waals surface area contributed by atoms with E-state index < -0.39 is 17.8 Å². The summed E-state index contributed by atoms with van der Waals surface area (Å²) in [5.74, 6) is -0.818. The van der Waals surface area contributed by atoms with E-state index in [-0.39, 0.29) is 11.6 Å². The van der Waals surface area contributed by atoms with E-state index in [0.717, 1.165) is 5.56 Å². The van der Waals surface area contributed by atoms with Gasteiger partial charge in [0, 0.05) is 23.5 Å². The molecule has 3 aromatic rings. The summed E-state index contributed by atoms with van der Waals surface area (Å²) in [5, 5.41) is 7.71. The predicted octanol–water partition coefficient (Wildman–Crippen LogP) is 4.09. The molecule has 27 heavy (non-hydrogen) atoms. The highest BCUT2D eigenvalue weighted by atomic mass is 35.5. The van der Waals surface area contributed by atoms with Crippen LogP contribution in [0.5, 0.6) is 5.75 Å². The van der Waals surface area contributed by atoms with Crippen LogP contribution in [0.1, 0.15) is 28.9 Å². The van der Waals surface area contributed by atoms with Gasteiger partial charge in [-0.1, -0.05) is 29.8 Å². The first-order valence-corrected chi connectivity index (χ1v) is 8.77. The van der Waals surface area contributed by atoms with Crippen molar-refractivity contribution in [3.05, 3.63) is 82.9 Å². The van der Waals surface area contributed by atoms with Gasteiger partial charge in [0.25, 0.3) is 5.91 Å². The molecule has 0 aliphatic carbocycles. The normalized spacial score (nSPS) is 13.0. The molecule has 2 aromatic carbocycles. The van der Waals surface area contributed by atoms with E-state index in [4.69, 9.17) is 16.3 Å². The van der Waals surface area contributed by atoms with Crippen molar-refractivity contribution in [3.8, 4) is 5.75 Å². The van der Waals surface area contributed by atoms with Gasteiger partial charge in [0.15, 0.2) is 0 Å². The van der Waals surface area contributed by atoms with Crippen LogP contribution in [0.3, 0.4) is 0 Å². The van der Waals surface area contributed by atoms with Gasteiger partial charge in [0.2, 0.25) is 0 Å². The molecule has 0 saturated heterocycles. The first kappa shape index (κ1) is 18.9. The van der Waals surface area contributed by atoms with Gasteiger partial charge in [-0.3, -0.25) is 9.48 Å². The smallest absolute Gasteiger partial charge is 0.254 e. The number of hydrogen-bond donors (Lipinski definition) is 1. The molecule has 0 bridgehead atoms. The Labute approximate surface area is 161 Å². The van der Waals surface area contributed by atoms with Crippen LogP contribution in [0.15, 0.2) is 60.9 Å². The molecule has 0 spiro atoms. The van der Waals surface area contributed by atoms with Gasteiger partial charge in [-0.2, -0.15) is 5.10 Å². The minimum Gasteiger partial charge on any atom is -0.497 e. The number of nitrogens with one attached hydrogen (secondary N) is 1. The number of hydrogen-bond acceptors (Lipinski definition) is 3. The first-order valence-electron chi connectivity index (χ1n) is 8.39. The molecule has 0 saturated carbocycles. The Morgan fingerprint density at radius 2 is 2.04 bits per heavy atom. The number of amides is 1. The zero-order valence-corrected chi connectivity index (χ0v) is 15.7. The number of nitrogens with zero attached hydrogens (tertiary/aromatic N) is 2. The number of carbonyl (C=O) groups is 1. The van der Waals surface area contributed by atoms with E-state index in [1.54, 1.807) is 35.3 Å². The number of rotatable bonds is 6. The van der Waals surface area contributed by atoms with Crippen molar-refractivity contribution in [2.45, 2.75) is 19.0 Å². The maximum Gasteiger partial charge on any atom is 0.254 e. The standard InChI is InChI=1S/C20H19ClFN3O2/c1-13(24-20(26)16-9-8-14(27-2)12-18(16)22)19(25-11-5-10-23-25)15-6-3-4-7-17(15)21/h3-13,19H,1-2H3,(H,24,26)/t13-,19+/m1/s1. The molecule has 0 unspecified atom stereocenters. The fourth-order valence-electron chi connectivity index (χ4n) is 2.97. The van der Waals surface area contributed by atoms with E-state index in [2.05, 4.69) is 10.4 Å². The first-order chi connectivity index (χ1) is 13.0. The van der Waals surface area contributed by atoms with Gasteiger partial charge < -0.3 is 10.1 Å². The number of aromatic nitrogens is 2. The molecule has 1 amide bonds. The van der Waals surface area contributed by atoms with Crippen molar-refractivity contribution in [2.75, 3.05) is 7.11 Å². The van der Waals surface area contributed by atoms with Gasteiger partial charge in [0.05, 0.1) is 24.8 Å². The maximum atomic E-state index is 14.2. The van der Waals surface area contributed by atoms with Crippen LogP contribution in [-0.4, -0.2) is 28.8 Å². The zero-order chi connectivity index (χ0) is 19.4. The Morgan fingerprint density at radius 1 is 1.26 bits per heavy atom. The molecule has 140 valence electrons. The molecular weight excluding hydrogens is 369 g/mol. The van der Waals surface area contributed by atoms with E-state index in [1.165, 1.54) is 19.2 Å². The fourth-order valence-corrected chi connectivity index (χ4v) is 3.22. The van der Waals surface area contributed by atoms with Gasteiger partial charge in [-0.05, 0) is 36.8 Å². The molecule has 0 radical (unpaired) electrons. The van der Waals surface area contributed by atoms with Crippen molar-refractivity contribution in [2.24, 2.45) is 0 Å². The lowest BCUT2D eigenvalue weighted by Crippen LogP contribution is -2.40. The third kappa shape index (κ3) is 4.11. The highest BCUT2D eigenvalue weighted by molar-refractivity contribution is 6.31. The van der Waals surface area contributed by atoms with E-state index >= 15 is 0 Å². The monoisotopic (exact) mass is 387 g/mol. The third-order valence-corrected chi connectivity index (χ3v) is 4.63. The number of benzene rings is 2. The second-order valence-corrected chi connectivity index (χ2v) is 6.47. The minimum absolute atomic E-state index is 0.0546. The van der Waals surface area contributed by atoms with E-state index in [1.807, 2.05) is 25.1 Å². The van der Waals surface area contributed by atoms with Crippen molar-refractivity contribution in [1.82, 2.24) is 15.1 Å². The second-order valence-electron chi connectivity index (χ2n) is 6.06. The van der Waals surface area contributed by atoms with E-state index in [9.17, 15) is 9.18 Å². The average Bonchev–Trinajstić information content (AvgIpc) is 3.17. The lowest BCUT2D eigenvalue weighted by molar-refractivity contribution is 0.0926. The van der Waals surface area contributed by atoms with Gasteiger partial charge in [0.1, 0.15) is 11.6 Å². The highest BCUT2D eigenvalue weighted by Crippen LogP contribution is 2.28. The van der Waals surface area contributed by atoms with Crippen LogP contribution in [-0.2, 0) is 0 Å². The van der Waals surface area contributed by atoms with Crippen molar-refractivity contribution >= 4 is 17.5 Å². The van der Waals surface area contributed by atoms with E-state index in [0.29, 0.717) is 10.8 Å². The number of methoxy groups -OCH3 is 1. The van der Waals surface area contributed by atoms with Crippen LogP contribution in [0.4, 0.5) is 4.39 Å². The van der Waals surface area contributed by atoms with Crippen LogP contribution >= 0.6 is 11.6 Å². The topological polar surface area (TPSA) is 56.1 Å². The summed E-state index contributed by atoms with van der Waals surface area (Å²) in [6, 6.07) is 12.5. The quantitative estimate of drug-likeness (QED) is 0.693. The average molecular weight is 388 g/mol. The summed E-state index contributed by atoms with van der Waals surface area (Å²) in [6.45, 7) is 1.83. The lowest BCUT2D eigenvalue weighted by Gasteiger charge is -2.26. The summed E-state index contributed by atoms with van der Waals surface area (Å²) in [5.41, 5.74) is 0.756. The number of halogens is 2. The predicted molar refractivity (Wildman–Crippen MR) is 102 cm³/mol. The number of carbonyl (C=O) groups excluding carboxylic acids is 1. The number of ether oxygens (including phenoxy) is 1. The Morgan fingerprint density at radius 3 is 2.67 bits per heavy atom. The molecule has 7 heteroatoms. The molecule has 0 aliphatic rings. The van der Waals surface area contributed by atoms with Crippen molar-refractivity contribution < 1.29 is 13.9 Å². The minimum atomic E-state index is -0.646. The molecule has 1 aromatic heterocycles. The summed E-state index contributed by atoms with van der Waals surface area (Å²) in [4.78, 5) is 12.6. The third-order valence-electron chi connectivity index (χ3n) is 4.29. The molecule has 2 atom stereocenters. The molecule has 5 nitrogen and oxygen atoms in total. The second kappa shape index (κ2) is 8.22. The molecule has 3 rings (SSSR count). The molecule has 1 heterocycles. The van der Waals surface area contributed by atoms with Crippen LogP contribution in [0.2, 0.25) is 5.02 Å². The van der Waals surface area contributed by atoms with Crippen molar-refractivity contribution in [3.63, 3.8) is 0 Å². The lowest BCUT2D eigenvalue weighted by atomic mass is 10.00. The Hall–Kier alpha value is -2.86. The van der Waals surface area contributed by atoms with Crippen LogP contribution in [0.25, 0.3) is 0 Å². The summed E-state index contributed by atoms with van der Waals surface area (Å²) in [6.07, 6.45) is 3.45. The zero-order valence-electron chi connectivity index (χ0n) is 14.9. The van der Waals surface area contributed by atoms with Gasteiger partial charge >= 0.3 is 0 Å². The molecule has 0 fully saturated rings. The van der Waals surface area contributed by atoms with Crippen LogP contribution < -0.4 is 10.1 Å². The Bertz CT molecular complexity index is 931. The highest BCUT2D eigenvalue weighted by Gasteiger charge is 2.26. The van der Waals surface area contributed by atoms with Crippen molar-refractivity contribution in [1.29, 1.82) is 0 Å². The van der Waals surface area contributed by atoms with Crippen LogP contribution in [0, 0.1) is 5.82 Å². The Kier molecular flexibility index (Phi) is 5.76. The SMILES string of the molecule is COc1ccc(C(=O)N[C@H](C)[C@@H](c2ccccc2Cl)n2cccn2)c(F)c1. The van der Waals surface area contributed by atoms with Gasteiger partial charge in [-0.15, -0.1) is 0 Å². The molecule has 0 aliphatic heterocycles.